The van der Waals surface area contributed by atoms with E-state index in [4.69, 9.17) is 25.0 Å². The third kappa shape index (κ3) is 8.22. The molecule has 0 saturated carbocycles. The van der Waals surface area contributed by atoms with Gasteiger partial charge in [-0.05, 0) is 18.2 Å². The molecule has 35 heavy (non-hydrogen) atoms. The molecule has 2 aromatic rings. The van der Waals surface area contributed by atoms with Crippen molar-refractivity contribution in [2.75, 3.05) is 52.5 Å². The average Bonchev–Trinajstić information content (AvgIpc) is 3.03. The van der Waals surface area contributed by atoms with Crippen LogP contribution >= 0.6 is 11.8 Å². The van der Waals surface area contributed by atoms with Gasteiger partial charge in [-0.3, -0.25) is 4.90 Å². The van der Waals surface area contributed by atoms with Crippen LogP contribution in [0.3, 0.4) is 0 Å². The minimum Gasteiger partial charge on any atom is -0.478 e. The molecule has 1 fully saturated rings. The number of aliphatic carboxylic acids is 2. The maximum absolute atomic E-state index is 9.55. The summed E-state index contributed by atoms with van der Waals surface area (Å²) in [5.41, 5.74) is 2.27. The van der Waals surface area contributed by atoms with Crippen LogP contribution in [-0.4, -0.2) is 95.4 Å². The van der Waals surface area contributed by atoms with E-state index in [1.807, 2.05) is 0 Å². The predicted octanol–water partition coefficient (Wildman–Crippen LogP) is 2.57. The van der Waals surface area contributed by atoms with Gasteiger partial charge in [0.25, 0.3) is 0 Å². The van der Waals surface area contributed by atoms with Crippen LogP contribution in [0.2, 0.25) is 0 Å². The van der Waals surface area contributed by atoms with Gasteiger partial charge in [-0.2, -0.15) is 0 Å². The Morgan fingerprint density at radius 3 is 2.20 bits per heavy atom. The molecule has 3 N–H and O–H groups in total. The number of carbonyl (C=O) groups is 2. The van der Waals surface area contributed by atoms with Crippen LogP contribution in [0.25, 0.3) is 0 Å². The van der Waals surface area contributed by atoms with Crippen LogP contribution in [-0.2, 0) is 14.3 Å². The lowest BCUT2D eigenvalue weighted by Gasteiger charge is -2.36. The molecular formula is C25H29N3O6S. The van der Waals surface area contributed by atoms with Gasteiger partial charge in [0, 0.05) is 60.2 Å². The van der Waals surface area contributed by atoms with Crippen LogP contribution in [0.1, 0.15) is 5.56 Å². The van der Waals surface area contributed by atoms with Crippen LogP contribution in [0.15, 0.2) is 75.5 Å². The monoisotopic (exact) mass is 499 g/mol. The first kappa shape index (κ1) is 26.4. The van der Waals surface area contributed by atoms with Gasteiger partial charge in [-0.1, -0.05) is 42.1 Å². The second kappa shape index (κ2) is 13.6. The quantitative estimate of drug-likeness (QED) is 0.390. The van der Waals surface area contributed by atoms with E-state index in [1.165, 1.54) is 15.4 Å². The van der Waals surface area contributed by atoms with E-state index in [9.17, 15) is 9.59 Å². The normalized spacial score (nSPS) is 15.3. The number of piperazine rings is 1. The minimum absolute atomic E-state index is 0.0898. The van der Waals surface area contributed by atoms with Crippen molar-refractivity contribution >= 4 is 35.2 Å². The molecule has 10 heteroatoms. The highest BCUT2D eigenvalue weighted by Gasteiger charge is 2.24. The zero-order valence-electron chi connectivity index (χ0n) is 19.2. The van der Waals surface area contributed by atoms with Crippen molar-refractivity contribution in [3.63, 3.8) is 0 Å². The van der Waals surface area contributed by atoms with E-state index in [2.05, 4.69) is 58.3 Å². The zero-order valence-corrected chi connectivity index (χ0v) is 20.1. The number of para-hydroxylation sites is 1. The highest BCUT2D eigenvalue weighted by atomic mass is 32.2. The molecule has 4 rings (SSSR count). The van der Waals surface area contributed by atoms with Gasteiger partial charge in [-0.25, -0.2) is 14.6 Å². The van der Waals surface area contributed by atoms with E-state index >= 15 is 0 Å². The van der Waals surface area contributed by atoms with Crippen LogP contribution in [0, 0.1) is 0 Å². The lowest BCUT2D eigenvalue weighted by atomic mass is 10.1. The number of fused-ring (bicyclic) bond motifs is 2. The number of aliphatic hydroxyl groups is 1. The number of amidine groups is 1. The molecule has 0 spiro atoms. The highest BCUT2D eigenvalue weighted by Crippen LogP contribution is 2.40. The summed E-state index contributed by atoms with van der Waals surface area (Å²) in [6.45, 7) is 6.01. The van der Waals surface area contributed by atoms with Gasteiger partial charge in [0.2, 0.25) is 0 Å². The van der Waals surface area contributed by atoms with Crippen molar-refractivity contribution in [2.45, 2.75) is 9.79 Å². The van der Waals surface area contributed by atoms with E-state index in [0.29, 0.717) is 25.4 Å². The first-order valence-corrected chi connectivity index (χ1v) is 12.0. The molecule has 2 aliphatic rings. The molecule has 0 radical (unpaired) electrons. The lowest BCUT2D eigenvalue weighted by Crippen LogP contribution is -2.49. The van der Waals surface area contributed by atoms with Crippen molar-refractivity contribution in [3.05, 3.63) is 66.2 Å². The molecule has 0 aliphatic carbocycles. The number of carboxylic acid groups (broad SMARTS) is 2. The Hall–Kier alpha value is -3.18. The number of rotatable bonds is 7. The van der Waals surface area contributed by atoms with Crippen LogP contribution in [0.4, 0.5) is 5.69 Å². The second-order valence-electron chi connectivity index (χ2n) is 7.68. The number of aliphatic imine (C=N–C) groups is 1. The number of hydrogen-bond acceptors (Lipinski definition) is 8. The third-order valence-corrected chi connectivity index (χ3v) is 6.41. The molecule has 0 aromatic heterocycles. The summed E-state index contributed by atoms with van der Waals surface area (Å²) < 4.78 is 5.40. The Morgan fingerprint density at radius 1 is 0.914 bits per heavy atom. The Bertz CT molecular complexity index is 1050. The highest BCUT2D eigenvalue weighted by molar-refractivity contribution is 7.99. The lowest BCUT2D eigenvalue weighted by molar-refractivity contribution is -0.134. The minimum atomic E-state index is -1.26. The van der Waals surface area contributed by atoms with Gasteiger partial charge < -0.3 is 25.0 Å². The number of ether oxygens (including phenoxy) is 1. The molecule has 2 aliphatic heterocycles. The number of nitrogens with zero attached hydrogens (tertiary/aromatic N) is 3. The second-order valence-corrected chi connectivity index (χ2v) is 8.76. The molecule has 186 valence electrons. The average molecular weight is 500 g/mol. The van der Waals surface area contributed by atoms with Crippen LogP contribution < -0.4 is 0 Å². The standard InChI is InChI=1S/C21H25N3O2S.C4H4O4/c25-14-16-26-15-13-23-9-11-24(12-10-23)21-17-5-1-3-7-19(17)27-20-8-4-2-6-18(20)22-21;5-3(6)1-2-4(7)8/h1-8,25H,9-16H2;1-2H,(H,5,6)(H,7,8)/b;2-1-. The van der Waals surface area contributed by atoms with E-state index in [1.54, 1.807) is 11.8 Å². The Morgan fingerprint density at radius 2 is 1.54 bits per heavy atom. The predicted molar refractivity (Wildman–Crippen MR) is 134 cm³/mol. The number of benzene rings is 2. The van der Waals surface area contributed by atoms with Gasteiger partial charge in [0.05, 0.1) is 25.5 Å². The first-order chi connectivity index (χ1) is 17.0. The van der Waals surface area contributed by atoms with E-state index in [-0.39, 0.29) is 6.61 Å². The topological polar surface area (TPSA) is 123 Å². The molecule has 0 unspecified atom stereocenters. The molecule has 9 nitrogen and oxygen atoms in total. The molecule has 0 amide bonds. The van der Waals surface area contributed by atoms with Crippen molar-refractivity contribution in [3.8, 4) is 0 Å². The van der Waals surface area contributed by atoms with E-state index < -0.39 is 11.9 Å². The Labute approximate surface area is 208 Å². The summed E-state index contributed by atoms with van der Waals surface area (Å²) in [4.78, 5) is 31.5. The fourth-order valence-electron chi connectivity index (χ4n) is 3.60. The molecule has 0 bridgehead atoms. The number of carboxylic acids is 2. The number of aliphatic hydroxyl groups excluding tert-OH is 1. The third-order valence-electron chi connectivity index (χ3n) is 5.27. The molecule has 2 heterocycles. The number of hydrogen-bond donors (Lipinski definition) is 3. The van der Waals surface area contributed by atoms with E-state index in [0.717, 1.165) is 44.2 Å². The summed E-state index contributed by atoms with van der Waals surface area (Å²) in [5.74, 6) is -1.43. The smallest absolute Gasteiger partial charge is 0.328 e. The fraction of sp³-hybridized carbons (Fsp3) is 0.320. The van der Waals surface area contributed by atoms with Gasteiger partial charge >= 0.3 is 11.9 Å². The van der Waals surface area contributed by atoms with Gasteiger partial charge in [0.1, 0.15) is 5.84 Å². The summed E-state index contributed by atoms with van der Waals surface area (Å²) in [6, 6.07) is 16.9. The van der Waals surface area contributed by atoms with Crippen molar-refractivity contribution in [2.24, 2.45) is 4.99 Å². The largest absolute Gasteiger partial charge is 0.478 e. The summed E-state index contributed by atoms with van der Waals surface area (Å²) in [6.07, 6.45) is 1.12. The summed E-state index contributed by atoms with van der Waals surface area (Å²) >= 11 is 1.80. The van der Waals surface area contributed by atoms with Crippen molar-refractivity contribution < 1.29 is 29.6 Å². The molecule has 2 aromatic carbocycles. The van der Waals surface area contributed by atoms with Crippen molar-refractivity contribution in [1.29, 1.82) is 0 Å². The molecular weight excluding hydrogens is 470 g/mol. The summed E-state index contributed by atoms with van der Waals surface area (Å²) in [7, 11) is 0. The van der Waals surface area contributed by atoms with Crippen LogP contribution in [0.5, 0.6) is 0 Å². The molecule has 1 saturated heterocycles. The first-order valence-electron chi connectivity index (χ1n) is 11.2. The maximum atomic E-state index is 9.55. The SMILES string of the molecule is O=C(O)/C=C\C(=O)O.OCCOCCN1CCN(C2=Nc3ccccc3Sc3ccccc32)CC1. The van der Waals surface area contributed by atoms with Gasteiger partial charge in [0.15, 0.2) is 0 Å². The zero-order chi connectivity index (χ0) is 25.0. The summed E-state index contributed by atoms with van der Waals surface area (Å²) in [5, 5.41) is 24.4. The fourth-order valence-corrected chi connectivity index (χ4v) is 4.61. The van der Waals surface area contributed by atoms with Gasteiger partial charge in [-0.15, -0.1) is 0 Å². The maximum Gasteiger partial charge on any atom is 0.328 e. The Kier molecular flexibility index (Phi) is 10.3. The Balaban J connectivity index is 0.000000371. The molecule has 0 atom stereocenters. The van der Waals surface area contributed by atoms with Crippen molar-refractivity contribution in [1.82, 2.24) is 9.80 Å².